The lowest BCUT2D eigenvalue weighted by atomic mass is 10.1. The molecule has 20 heavy (non-hydrogen) atoms. The Morgan fingerprint density at radius 1 is 1.50 bits per heavy atom. The van der Waals surface area contributed by atoms with Crippen molar-refractivity contribution in [2.75, 3.05) is 0 Å². The van der Waals surface area contributed by atoms with Crippen molar-refractivity contribution in [2.24, 2.45) is 10.7 Å². The third-order valence-corrected chi connectivity index (χ3v) is 2.39. The second-order valence-corrected chi connectivity index (χ2v) is 5.27. The molecule has 0 unspecified atom stereocenters. The van der Waals surface area contributed by atoms with Crippen LogP contribution in [0, 0.1) is 0 Å². The number of rotatable bonds is 4. The van der Waals surface area contributed by atoms with E-state index in [-0.39, 0.29) is 0 Å². The summed E-state index contributed by atoms with van der Waals surface area (Å²) in [6.07, 6.45) is 0.951. The summed E-state index contributed by atoms with van der Waals surface area (Å²) in [6.45, 7) is 9.30. The first-order valence-corrected chi connectivity index (χ1v) is 6.30. The van der Waals surface area contributed by atoms with Crippen LogP contribution in [0.25, 0.3) is 5.70 Å². The van der Waals surface area contributed by atoms with Gasteiger partial charge in [-0.3, -0.25) is 4.99 Å². The Balaban J connectivity index is 2.68. The van der Waals surface area contributed by atoms with Crippen LogP contribution >= 0.6 is 0 Å². The number of carbonyl (C=O) groups is 1. The molecule has 1 aromatic rings. The van der Waals surface area contributed by atoms with E-state index < -0.39 is 11.7 Å². The molecule has 0 heterocycles. The maximum absolute atomic E-state index is 11.6. The van der Waals surface area contributed by atoms with Crippen molar-refractivity contribution in [1.29, 1.82) is 0 Å². The van der Waals surface area contributed by atoms with Crippen LogP contribution in [0.4, 0.5) is 4.79 Å². The standard InChI is InChI=1S/C15H21N3O2/c1-15(2,3)20-14(19)18-10-11-6-5-7-12(8-11)13(9-16)17-4/h5-9H,4,10,16H2,1-3H3,(H,18,19)/b13-9-. The van der Waals surface area contributed by atoms with Crippen LogP contribution < -0.4 is 11.1 Å². The minimum absolute atomic E-state index is 0.373. The fraction of sp³-hybridized carbons (Fsp3) is 0.333. The Bertz CT molecular complexity index is 516. The number of nitrogens with one attached hydrogen (secondary N) is 1. The maximum Gasteiger partial charge on any atom is 0.407 e. The summed E-state index contributed by atoms with van der Waals surface area (Å²) in [7, 11) is 0. The number of aliphatic imine (C=N–C) groups is 1. The van der Waals surface area contributed by atoms with Crippen molar-refractivity contribution in [3.05, 3.63) is 41.6 Å². The number of ether oxygens (including phenoxy) is 1. The van der Waals surface area contributed by atoms with Crippen LogP contribution in [0.2, 0.25) is 0 Å². The molecule has 108 valence electrons. The lowest BCUT2D eigenvalue weighted by Crippen LogP contribution is -2.32. The van der Waals surface area contributed by atoms with Gasteiger partial charge in [-0.25, -0.2) is 4.79 Å². The topological polar surface area (TPSA) is 76.7 Å². The number of benzene rings is 1. The normalized spacial score (nSPS) is 11.8. The molecule has 0 aliphatic heterocycles. The highest BCUT2D eigenvalue weighted by Crippen LogP contribution is 2.16. The first kappa shape index (κ1) is 15.8. The third kappa shape index (κ3) is 5.14. The molecule has 0 saturated carbocycles. The van der Waals surface area contributed by atoms with Gasteiger partial charge in [-0.2, -0.15) is 0 Å². The molecule has 3 N–H and O–H groups in total. The van der Waals surface area contributed by atoms with Gasteiger partial charge in [0.2, 0.25) is 0 Å². The zero-order valence-electron chi connectivity index (χ0n) is 12.1. The van der Waals surface area contributed by atoms with Gasteiger partial charge in [0.05, 0.1) is 5.70 Å². The van der Waals surface area contributed by atoms with Gasteiger partial charge in [-0.05, 0) is 39.1 Å². The van der Waals surface area contributed by atoms with Crippen LogP contribution in [0.15, 0.2) is 35.5 Å². The number of carbonyl (C=O) groups excluding carboxylic acids is 1. The summed E-state index contributed by atoms with van der Waals surface area (Å²) in [5.74, 6) is 0. The lowest BCUT2D eigenvalue weighted by molar-refractivity contribution is 0.0523. The third-order valence-electron chi connectivity index (χ3n) is 2.39. The zero-order chi connectivity index (χ0) is 15.2. The summed E-state index contributed by atoms with van der Waals surface area (Å²) in [4.78, 5) is 15.4. The van der Waals surface area contributed by atoms with E-state index >= 15 is 0 Å². The van der Waals surface area contributed by atoms with Crippen molar-refractivity contribution in [3.63, 3.8) is 0 Å². The van der Waals surface area contributed by atoms with Gasteiger partial charge in [0, 0.05) is 18.3 Å². The predicted octanol–water partition coefficient (Wildman–Crippen LogP) is 2.67. The van der Waals surface area contributed by atoms with Gasteiger partial charge in [0.1, 0.15) is 5.60 Å². The van der Waals surface area contributed by atoms with Gasteiger partial charge in [-0.15, -0.1) is 0 Å². The molecule has 0 saturated heterocycles. The summed E-state index contributed by atoms with van der Waals surface area (Å²) >= 11 is 0. The molecule has 0 radical (unpaired) electrons. The van der Waals surface area contributed by atoms with Crippen molar-refractivity contribution in [3.8, 4) is 0 Å². The monoisotopic (exact) mass is 275 g/mol. The molecule has 0 spiro atoms. The molecule has 0 aromatic heterocycles. The summed E-state index contributed by atoms with van der Waals surface area (Å²) in [5.41, 5.74) is 7.35. The van der Waals surface area contributed by atoms with E-state index in [9.17, 15) is 4.79 Å². The molecule has 1 amide bonds. The lowest BCUT2D eigenvalue weighted by Gasteiger charge is -2.19. The molecule has 0 aliphatic carbocycles. The average Bonchev–Trinajstić information content (AvgIpc) is 2.36. The molecule has 0 bridgehead atoms. The Hall–Kier alpha value is -2.30. The Labute approximate surface area is 119 Å². The molecule has 5 nitrogen and oxygen atoms in total. The highest BCUT2D eigenvalue weighted by molar-refractivity contribution is 5.69. The predicted molar refractivity (Wildman–Crippen MR) is 81.2 cm³/mol. The first-order valence-electron chi connectivity index (χ1n) is 6.30. The summed E-state index contributed by atoms with van der Waals surface area (Å²) in [6, 6.07) is 7.54. The van der Waals surface area contributed by atoms with Crippen LogP contribution in [-0.4, -0.2) is 18.4 Å². The van der Waals surface area contributed by atoms with E-state index in [2.05, 4.69) is 17.0 Å². The number of nitrogens with zero attached hydrogens (tertiary/aromatic N) is 1. The first-order chi connectivity index (χ1) is 9.35. The van der Waals surface area contributed by atoms with Crippen molar-refractivity contribution < 1.29 is 9.53 Å². The maximum atomic E-state index is 11.6. The number of alkyl carbamates (subject to hydrolysis) is 1. The van der Waals surface area contributed by atoms with Crippen LogP contribution in [0.3, 0.4) is 0 Å². The smallest absolute Gasteiger partial charge is 0.407 e. The van der Waals surface area contributed by atoms with Crippen LogP contribution in [-0.2, 0) is 11.3 Å². The van der Waals surface area contributed by atoms with E-state index in [1.54, 1.807) is 0 Å². The van der Waals surface area contributed by atoms with Gasteiger partial charge >= 0.3 is 6.09 Å². The Morgan fingerprint density at radius 2 is 2.20 bits per heavy atom. The minimum Gasteiger partial charge on any atom is -0.444 e. The molecule has 5 heteroatoms. The van der Waals surface area contributed by atoms with E-state index in [1.165, 1.54) is 6.20 Å². The average molecular weight is 275 g/mol. The number of amides is 1. The number of nitrogens with two attached hydrogens (primary N) is 1. The second-order valence-electron chi connectivity index (χ2n) is 5.27. The van der Waals surface area contributed by atoms with Crippen LogP contribution in [0.1, 0.15) is 31.9 Å². The van der Waals surface area contributed by atoms with E-state index in [0.717, 1.165) is 11.1 Å². The molecule has 0 aliphatic rings. The Kier molecular flexibility index (Phi) is 5.32. The quantitative estimate of drug-likeness (QED) is 0.829. The fourth-order valence-corrected chi connectivity index (χ4v) is 1.57. The van der Waals surface area contributed by atoms with Gasteiger partial charge in [-0.1, -0.05) is 18.2 Å². The summed E-state index contributed by atoms with van der Waals surface area (Å²) < 4.78 is 5.17. The SMILES string of the molecule is C=N/C(=C\N)c1cccc(CNC(=O)OC(C)(C)C)c1. The molecule has 1 aromatic carbocycles. The Morgan fingerprint density at radius 3 is 2.75 bits per heavy atom. The van der Waals surface area contributed by atoms with Gasteiger partial charge in [0.25, 0.3) is 0 Å². The fourth-order valence-electron chi connectivity index (χ4n) is 1.57. The van der Waals surface area contributed by atoms with Crippen LogP contribution in [0.5, 0.6) is 0 Å². The van der Waals surface area contributed by atoms with Crippen molar-refractivity contribution >= 4 is 18.5 Å². The van der Waals surface area contributed by atoms with Gasteiger partial charge < -0.3 is 15.8 Å². The molecule has 0 atom stereocenters. The number of hydrogen-bond donors (Lipinski definition) is 2. The molecule has 0 fully saturated rings. The second kappa shape index (κ2) is 6.75. The highest BCUT2D eigenvalue weighted by Gasteiger charge is 2.15. The molecular weight excluding hydrogens is 254 g/mol. The highest BCUT2D eigenvalue weighted by atomic mass is 16.6. The largest absolute Gasteiger partial charge is 0.444 e. The van der Waals surface area contributed by atoms with E-state index in [4.69, 9.17) is 10.5 Å². The van der Waals surface area contributed by atoms with E-state index in [1.807, 2.05) is 45.0 Å². The number of hydrogen-bond acceptors (Lipinski definition) is 4. The molecule has 1 rings (SSSR count). The zero-order valence-corrected chi connectivity index (χ0v) is 12.1. The van der Waals surface area contributed by atoms with Crippen molar-refractivity contribution in [2.45, 2.75) is 32.9 Å². The molecular formula is C15H21N3O2. The van der Waals surface area contributed by atoms with E-state index in [0.29, 0.717) is 12.2 Å². The minimum atomic E-state index is -0.506. The van der Waals surface area contributed by atoms with Crippen molar-refractivity contribution in [1.82, 2.24) is 5.32 Å². The van der Waals surface area contributed by atoms with Gasteiger partial charge in [0.15, 0.2) is 0 Å². The summed E-state index contributed by atoms with van der Waals surface area (Å²) in [5, 5.41) is 2.70.